The molecule has 5 rings (SSSR count). The van der Waals surface area contributed by atoms with Gasteiger partial charge in [0.15, 0.2) is 0 Å². The number of hydrogen-bond acceptors (Lipinski definition) is 5. The largest absolute Gasteiger partial charge is 0.322 e. The first-order valence-corrected chi connectivity index (χ1v) is 15.0. The number of carbonyl (C=O) groups is 1. The van der Waals surface area contributed by atoms with Gasteiger partial charge in [0, 0.05) is 11.3 Å². The quantitative estimate of drug-likeness (QED) is 0.234. The van der Waals surface area contributed by atoms with Gasteiger partial charge in [-0.2, -0.15) is 0 Å². The van der Waals surface area contributed by atoms with Crippen LogP contribution in [-0.4, -0.2) is 18.9 Å². The van der Waals surface area contributed by atoms with E-state index in [1.165, 1.54) is 12.1 Å². The van der Waals surface area contributed by atoms with Gasteiger partial charge in [-0.25, -0.2) is 8.42 Å². The summed E-state index contributed by atoms with van der Waals surface area (Å²) < 4.78 is 31.2. The minimum absolute atomic E-state index is 0.0188. The van der Waals surface area contributed by atoms with Crippen LogP contribution in [0.2, 0.25) is 0 Å². The first-order chi connectivity index (χ1) is 19.0. The number of aromatic nitrogens is 1. The molecule has 9 heteroatoms. The summed E-state index contributed by atoms with van der Waals surface area (Å²) in [7, 11) is -3.95. The average Bonchev–Trinajstić information content (AvgIpc) is 3.22. The second-order valence-corrected chi connectivity index (χ2v) is 13.2. The lowest BCUT2D eigenvalue weighted by Gasteiger charge is -2.19. The number of sulfonamides is 1. The van der Waals surface area contributed by atoms with E-state index in [4.69, 9.17) is 0 Å². The Balaban J connectivity index is 1.33. The first kappa shape index (κ1) is 27.4. The zero-order valence-corrected chi connectivity index (χ0v) is 24.0. The number of anilines is 2. The highest BCUT2D eigenvalue weighted by Crippen LogP contribution is 2.26. The van der Waals surface area contributed by atoms with Crippen LogP contribution in [-0.2, 0) is 22.0 Å². The van der Waals surface area contributed by atoms with E-state index in [0.29, 0.717) is 33.7 Å². The van der Waals surface area contributed by atoms with E-state index in [2.05, 4.69) is 30.8 Å². The molecule has 0 fully saturated rings. The third-order valence-corrected chi connectivity index (χ3v) is 8.84. The molecule has 0 unspecified atom stereocenters. The van der Waals surface area contributed by atoms with Gasteiger partial charge in [-0.3, -0.25) is 18.9 Å². The number of nitrogens with zero attached hydrogens (tertiary/aromatic N) is 1. The van der Waals surface area contributed by atoms with Crippen molar-refractivity contribution in [3.8, 4) is 0 Å². The molecule has 2 N–H and O–H groups in total. The van der Waals surface area contributed by atoms with Gasteiger partial charge in [-0.1, -0.05) is 80.6 Å². The lowest BCUT2D eigenvalue weighted by atomic mass is 9.87. The minimum Gasteiger partial charge on any atom is -0.322 e. The van der Waals surface area contributed by atoms with E-state index in [1.54, 1.807) is 47.0 Å². The number of rotatable bonds is 7. The van der Waals surface area contributed by atoms with Gasteiger partial charge in [0.25, 0.3) is 15.9 Å². The molecule has 5 aromatic rings. The minimum atomic E-state index is -3.95. The summed E-state index contributed by atoms with van der Waals surface area (Å²) in [5.41, 5.74) is 4.03. The van der Waals surface area contributed by atoms with Crippen LogP contribution in [0.5, 0.6) is 0 Å². The smallest absolute Gasteiger partial charge is 0.308 e. The fourth-order valence-electron chi connectivity index (χ4n) is 4.33. The Morgan fingerprint density at radius 2 is 1.55 bits per heavy atom. The van der Waals surface area contributed by atoms with Gasteiger partial charge in [-0.15, -0.1) is 0 Å². The molecule has 0 saturated carbocycles. The number of benzene rings is 4. The van der Waals surface area contributed by atoms with Crippen molar-refractivity contribution < 1.29 is 13.2 Å². The number of amides is 1. The molecule has 1 amide bonds. The summed E-state index contributed by atoms with van der Waals surface area (Å²) in [6, 6.07) is 28.2. The summed E-state index contributed by atoms with van der Waals surface area (Å²) in [5, 5.41) is 2.83. The second kappa shape index (κ2) is 10.7. The summed E-state index contributed by atoms with van der Waals surface area (Å²) in [4.78, 5) is 25.3. The van der Waals surface area contributed by atoms with Gasteiger partial charge >= 0.3 is 4.87 Å². The number of thiazole rings is 1. The molecule has 0 saturated heterocycles. The molecule has 4 aromatic carbocycles. The van der Waals surface area contributed by atoms with Crippen molar-refractivity contribution >= 4 is 48.9 Å². The summed E-state index contributed by atoms with van der Waals surface area (Å²) in [5.74, 6) is -0.291. The first-order valence-electron chi connectivity index (χ1n) is 12.7. The predicted molar refractivity (Wildman–Crippen MR) is 162 cm³/mol. The number of hydrogen-bond donors (Lipinski definition) is 2. The van der Waals surface area contributed by atoms with E-state index in [0.717, 1.165) is 22.5 Å². The third-order valence-electron chi connectivity index (χ3n) is 6.52. The summed E-state index contributed by atoms with van der Waals surface area (Å²) in [6.07, 6.45) is 0. The molecule has 0 aliphatic carbocycles. The third kappa shape index (κ3) is 6.00. The van der Waals surface area contributed by atoms with E-state index < -0.39 is 10.0 Å². The lowest BCUT2D eigenvalue weighted by Crippen LogP contribution is -2.15. The van der Waals surface area contributed by atoms with E-state index >= 15 is 0 Å². The molecule has 0 atom stereocenters. The van der Waals surface area contributed by atoms with Gasteiger partial charge < -0.3 is 5.32 Å². The molecule has 0 aliphatic heterocycles. The Labute approximate surface area is 237 Å². The Hall–Kier alpha value is -4.21. The molecular weight excluding hydrogens is 542 g/mol. The highest BCUT2D eigenvalue weighted by molar-refractivity contribution is 7.92. The second-order valence-electron chi connectivity index (χ2n) is 10.5. The van der Waals surface area contributed by atoms with E-state index in [1.807, 2.05) is 42.5 Å². The SMILES string of the molecule is CC(C)(C)c1ccc(C(=O)Nc2cccc(NS(=O)(=O)c3ccc4c(c3)sc(=O)n4Cc3ccccc3)c2)cc1. The van der Waals surface area contributed by atoms with Crippen molar-refractivity contribution in [2.45, 2.75) is 37.6 Å². The lowest BCUT2D eigenvalue weighted by molar-refractivity contribution is 0.102. The number of nitrogens with one attached hydrogen (secondary N) is 2. The summed E-state index contributed by atoms with van der Waals surface area (Å²) >= 11 is 1.01. The van der Waals surface area contributed by atoms with Crippen LogP contribution in [0.25, 0.3) is 10.2 Å². The Bertz CT molecular complexity index is 1850. The highest BCUT2D eigenvalue weighted by atomic mass is 32.2. The standard InChI is InChI=1S/C31H29N3O4S2/c1-31(2,3)23-14-12-22(13-15-23)29(35)32-24-10-7-11-25(18-24)33-40(37,38)26-16-17-27-28(19-26)39-30(36)34(27)20-21-8-5-4-6-9-21/h4-19,33H,20H2,1-3H3,(H,32,35). The van der Waals surface area contributed by atoms with Crippen molar-refractivity contribution in [2.75, 3.05) is 10.0 Å². The normalized spacial score (nSPS) is 11.9. The molecule has 204 valence electrons. The number of fused-ring (bicyclic) bond motifs is 1. The maximum Gasteiger partial charge on any atom is 0.308 e. The Kier molecular flexibility index (Phi) is 7.35. The molecule has 0 aliphatic rings. The van der Waals surface area contributed by atoms with Crippen LogP contribution in [0.3, 0.4) is 0 Å². The molecule has 0 bridgehead atoms. The molecule has 7 nitrogen and oxygen atoms in total. The van der Waals surface area contributed by atoms with Crippen LogP contribution in [0, 0.1) is 0 Å². The van der Waals surface area contributed by atoms with Gasteiger partial charge in [0.2, 0.25) is 0 Å². The highest BCUT2D eigenvalue weighted by Gasteiger charge is 2.18. The van der Waals surface area contributed by atoms with Crippen LogP contribution in [0.1, 0.15) is 42.3 Å². The fraction of sp³-hybridized carbons (Fsp3) is 0.161. The maximum atomic E-state index is 13.2. The molecule has 40 heavy (non-hydrogen) atoms. The van der Waals surface area contributed by atoms with Gasteiger partial charge in [0.05, 0.1) is 27.3 Å². The van der Waals surface area contributed by atoms with Gasteiger partial charge in [0.1, 0.15) is 0 Å². The predicted octanol–water partition coefficient (Wildman–Crippen LogP) is 6.46. The zero-order valence-electron chi connectivity index (χ0n) is 22.3. The number of carbonyl (C=O) groups excluding carboxylic acids is 1. The molecule has 0 spiro atoms. The van der Waals surface area contributed by atoms with Crippen LogP contribution < -0.4 is 14.9 Å². The van der Waals surface area contributed by atoms with E-state index in [9.17, 15) is 18.0 Å². The topological polar surface area (TPSA) is 97.3 Å². The monoisotopic (exact) mass is 571 g/mol. The van der Waals surface area contributed by atoms with Crippen molar-refractivity contribution in [3.63, 3.8) is 0 Å². The molecule has 1 aromatic heterocycles. The fourth-order valence-corrected chi connectivity index (χ4v) is 6.41. The van der Waals surface area contributed by atoms with Crippen molar-refractivity contribution in [2.24, 2.45) is 0 Å². The van der Waals surface area contributed by atoms with Gasteiger partial charge in [-0.05, 0) is 65.1 Å². The van der Waals surface area contributed by atoms with E-state index in [-0.39, 0.29) is 21.1 Å². The molecule has 1 heterocycles. The van der Waals surface area contributed by atoms with Crippen molar-refractivity contribution in [1.29, 1.82) is 0 Å². The Morgan fingerprint density at radius 1 is 0.850 bits per heavy atom. The molecular formula is C31H29N3O4S2. The Morgan fingerprint density at radius 3 is 2.25 bits per heavy atom. The van der Waals surface area contributed by atoms with Crippen LogP contribution >= 0.6 is 11.3 Å². The summed E-state index contributed by atoms with van der Waals surface area (Å²) in [6.45, 7) is 6.73. The maximum absolute atomic E-state index is 13.2. The average molecular weight is 572 g/mol. The van der Waals surface area contributed by atoms with Crippen molar-refractivity contribution in [3.05, 3.63) is 123 Å². The van der Waals surface area contributed by atoms with Crippen molar-refractivity contribution in [1.82, 2.24) is 4.57 Å². The van der Waals surface area contributed by atoms with Crippen LogP contribution in [0.15, 0.2) is 107 Å². The zero-order chi connectivity index (χ0) is 28.5. The molecule has 0 radical (unpaired) electrons. The van der Waals surface area contributed by atoms with Crippen LogP contribution in [0.4, 0.5) is 11.4 Å².